The van der Waals surface area contributed by atoms with Crippen molar-refractivity contribution >= 4 is 15.8 Å². The minimum Gasteiger partial charge on any atom is -0.385 e. The lowest BCUT2D eigenvalue weighted by atomic mass is 10.2. The highest BCUT2D eigenvalue weighted by atomic mass is 32.2. The summed E-state index contributed by atoms with van der Waals surface area (Å²) in [5.41, 5.74) is 1.67. The lowest BCUT2D eigenvalue weighted by Crippen LogP contribution is -2.03. The molecule has 0 heterocycles. The van der Waals surface area contributed by atoms with Crippen LogP contribution in [0, 0.1) is 6.92 Å². The largest absolute Gasteiger partial charge is 0.385 e. The Morgan fingerprint density at radius 3 is 2.57 bits per heavy atom. The Hall–Kier alpha value is -1.07. The number of nitrogens with one attached hydrogen (secondary N) is 1. The second-order valence-electron chi connectivity index (χ2n) is 2.98. The molecule has 0 aliphatic carbocycles. The van der Waals surface area contributed by atoms with Gasteiger partial charge in [0.05, 0.1) is 4.90 Å². The Morgan fingerprint density at radius 1 is 1.43 bits per heavy atom. The van der Waals surface area contributed by atoms with E-state index in [2.05, 4.69) is 5.32 Å². The van der Waals surface area contributed by atoms with Gasteiger partial charge in [-0.05, 0) is 31.5 Å². The minimum absolute atomic E-state index is 0.0842. The van der Waals surface area contributed by atoms with Crippen molar-refractivity contribution in [1.29, 1.82) is 0 Å². The van der Waals surface area contributed by atoms with Gasteiger partial charge in [-0.3, -0.25) is 4.55 Å². The van der Waals surface area contributed by atoms with Crippen LogP contribution in [0.15, 0.2) is 23.1 Å². The summed E-state index contributed by atoms with van der Waals surface area (Å²) in [5, 5.41) is 3.01. The summed E-state index contributed by atoms with van der Waals surface area (Å²) in [4.78, 5) is -0.0842. The van der Waals surface area contributed by atoms with Crippen LogP contribution >= 0.6 is 0 Å². The molecule has 14 heavy (non-hydrogen) atoms. The van der Waals surface area contributed by atoms with Gasteiger partial charge < -0.3 is 5.32 Å². The second-order valence-corrected chi connectivity index (χ2v) is 4.40. The Balaban J connectivity index is 3.20. The predicted molar refractivity (Wildman–Crippen MR) is 55.2 cm³/mol. The van der Waals surface area contributed by atoms with Gasteiger partial charge in [0.2, 0.25) is 0 Å². The zero-order valence-electron chi connectivity index (χ0n) is 8.11. The zero-order chi connectivity index (χ0) is 10.8. The molecule has 0 aromatic heterocycles. The molecule has 0 saturated heterocycles. The summed E-state index contributed by atoms with van der Waals surface area (Å²) in [6.07, 6.45) is 0. The Kier molecular flexibility index (Phi) is 3.13. The van der Waals surface area contributed by atoms with E-state index in [1.807, 2.05) is 13.8 Å². The average molecular weight is 215 g/mol. The first kappa shape index (κ1) is 11.0. The lowest BCUT2D eigenvalue weighted by Gasteiger charge is -2.08. The third-order valence-electron chi connectivity index (χ3n) is 1.87. The monoisotopic (exact) mass is 215 g/mol. The fourth-order valence-corrected chi connectivity index (χ4v) is 1.65. The number of hydrogen-bond donors (Lipinski definition) is 2. The van der Waals surface area contributed by atoms with E-state index in [1.54, 1.807) is 6.07 Å². The Labute approximate surface area is 83.7 Å². The fourth-order valence-electron chi connectivity index (χ4n) is 1.14. The SMILES string of the molecule is CCNc1cc(S(=O)(=O)O)ccc1C. The van der Waals surface area contributed by atoms with Crippen molar-refractivity contribution in [3.05, 3.63) is 23.8 Å². The molecule has 5 heteroatoms. The van der Waals surface area contributed by atoms with Gasteiger partial charge in [0.1, 0.15) is 0 Å². The molecule has 0 atom stereocenters. The molecule has 1 aromatic rings. The van der Waals surface area contributed by atoms with Gasteiger partial charge in [-0.25, -0.2) is 0 Å². The van der Waals surface area contributed by atoms with Crippen LogP contribution in [0.1, 0.15) is 12.5 Å². The van der Waals surface area contributed by atoms with Crippen molar-refractivity contribution in [2.24, 2.45) is 0 Å². The topological polar surface area (TPSA) is 66.4 Å². The van der Waals surface area contributed by atoms with Gasteiger partial charge in [0, 0.05) is 12.2 Å². The van der Waals surface area contributed by atoms with Crippen LogP contribution in [0.2, 0.25) is 0 Å². The molecule has 0 amide bonds. The second kappa shape index (κ2) is 3.98. The van der Waals surface area contributed by atoms with Gasteiger partial charge in [0.25, 0.3) is 10.1 Å². The van der Waals surface area contributed by atoms with E-state index in [9.17, 15) is 8.42 Å². The maximum Gasteiger partial charge on any atom is 0.294 e. The smallest absolute Gasteiger partial charge is 0.294 e. The highest BCUT2D eigenvalue weighted by Gasteiger charge is 2.10. The van der Waals surface area contributed by atoms with E-state index in [-0.39, 0.29) is 4.90 Å². The maximum absolute atomic E-state index is 10.8. The van der Waals surface area contributed by atoms with Crippen molar-refractivity contribution in [3.8, 4) is 0 Å². The molecule has 0 fully saturated rings. The average Bonchev–Trinajstić information content (AvgIpc) is 2.07. The molecule has 78 valence electrons. The van der Waals surface area contributed by atoms with Crippen LogP contribution in [0.5, 0.6) is 0 Å². The summed E-state index contributed by atoms with van der Waals surface area (Å²) in [6, 6.07) is 4.46. The molecular formula is C9H13NO3S. The Bertz CT molecular complexity index is 426. The fraction of sp³-hybridized carbons (Fsp3) is 0.333. The first-order valence-electron chi connectivity index (χ1n) is 4.27. The first-order chi connectivity index (χ1) is 6.45. The molecule has 0 spiro atoms. The van der Waals surface area contributed by atoms with Crippen LogP contribution in [-0.2, 0) is 10.1 Å². The van der Waals surface area contributed by atoms with Gasteiger partial charge in [-0.2, -0.15) is 8.42 Å². The zero-order valence-corrected chi connectivity index (χ0v) is 8.93. The summed E-state index contributed by atoms with van der Waals surface area (Å²) in [5.74, 6) is 0. The minimum atomic E-state index is -4.10. The van der Waals surface area contributed by atoms with E-state index in [1.165, 1.54) is 12.1 Å². The van der Waals surface area contributed by atoms with Crippen LogP contribution in [0.3, 0.4) is 0 Å². The number of aryl methyl sites for hydroxylation is 1. The third kappa shape index (κ3) is 2.46. The predicted octanol–water partition coefficient (Wildman–Crippen LogP) is 1.67. The molecule has 0 unspecified atom stereocenters. The summed E-state index contributed by atoms with van der Waals surface area (Å²) < 4.78 is 30.5. The van der Waals surface area contributed by atoms with E-state index in [0.717, 1.165) is 11.3 Å². The van der Waals surface area contributed by atoms with Crippen molar-refractivity contribution in [2.45, 2.75) is 18.7 Å². The van der Waals surface area contributed by atoms with E-state index < -0.39 is 10.1 Å². The number of anilines is 1. The molecule has 2 N–H and O–H groups in total. The lowest BCUT2D eigenvalue weighted by molar-refractivity contribution is 0.483. The molecule has 0 aliphatic heterocycles. The maximum atomic E-state index is 10.8. The molecule has 0 bridgehead atoms. The van der Waals surface area contributed by atoms with Gasteiger partial charge in [-0.1, -0.05) is 6.07 Å². The Morgan fingerprint density at radius 2 is 2.07 bits per heavy atom. The molecule has 1 aromatic carbocycles. The van der Waals surface area contributed by atoms with E-state index >= 15 is 0 Å². The van der Waals surface area contributed by atoms with E-state index in [4.69, 9.17) is 4.55 Å². The molecular weight excluding hydrogens is 202 g/mol. The van der Waals surface area contributed by atoms with Crippen molar-refractivity contribution < 1.29 is 13.0 Å². The molecule has 0 aliphatic rings. The molecule has 4 nitrogen and oxygen atoms in total. The third-order valence-corrected chi connectivity index (χ3v) is 2.72. The van der Waals surface area contributed by atoms with Crippen LogP contribution in [0.4, 0.5) is 5.69 Å². The van der Waals surface area contributed by atoms with Crippen LogP contribution < -0.4 is 5.32 Å². The number of rotatable bonds is 3. The summed E-state index contributed by atoms with van der Waals surface area (Å²) in [6.45, 7) is 4.49. The molecule has 0 radical (unpaired) electrons. The normalized spacial score (nSPS) is 11.4. The standard InChI is InChI=1S/C9H13NO3S/c1-3-10-9-6-8(14(11,12)13)5-4-7(9)2/h4-6,10H,3H2,1-2H3,(H,11,12,13). The first-order valence-corrected chi connectivity index (χ1v) is 5.71. The summed E-state index contributed by atoms with van der Waals surface area (Å²) in [7, 11) is -4.10. The molecule has 1 rings (SSSR count). The van der Waals surface area contributed by atoms with Crippen molar-refractivity contribution in [2.75, 3.05) is 11.9 Å². The number of benzene rings is 1. The van der Waals surface area contributed by atoms with Crippen LogP contribution in [0.25, 0.3) is 0 Å². The highest BCUT2D eigenvalue weighted by Crippen LogP contribution is 2.19. The van der Waals surface area contributed by atoms with Gasteiger partial charge in [0.15, 0.2) is 0 Å². The molecule has 0 saturated carbocycles. The van der Waals surface area contributed by atoms with Crippen molar-refractivity contribution in [3.63, 3.8) is 0 Å². The summed E-state index contributed by atoms with van der Waals surface area (Å²) >= 11 is 0. The highest BCUT2D eigenvalue weighted by molar-refractivity contribution is 7.85. The van der Waals surface area contributed by atoms with Gasteiger partial charge in [-0.15, -0.1) is 0 Å². The quantitative estimate of drug-likeness (QED) is 0.753. The van der Waals surface area contributed by atoms with Crippen LogP contribution in [-0.4, -0.2) is 19.5 Å². The van der Waals surface area contributed by atoms with Gasteiger partial charge >= 0.3 is 0 Å². The van der Waals surface area contributed by atoms with E-state index in [0.29, 0.717) is 6.54 Å². The van der Waals surface area contributed by atoms with Crippen molar-refractivity contribution in [1.82, 2.24) is 0 Å². The number of hydrogen-bond acceptors (Lipinski definition) is 3.